The lowest BCUT2D eigenvalue weighted by Gasteiger charge is -2.07. The predicted molar refractivity (Wildman–Crippen MR) is 75.2 cm³/mol. The molecule has 0 heterocycles. The number of ether oxygens (including phenoxy) is 1. The van der Waals surface area contributed by atoms with E-state index in [0.29, 0.717) is 28.3 Å². The minimum atomic E-state index is -2.48. The third-order valence-electron chi connectivity index (χ3n) is 3.12. The predicted octanol–water partition coefficient (Wildman–Crippen LogP) is 3.14. The monoisotopic (exact) mass is 315 g/mol. The van der Waals surface area contributed by atoms with E-state index in [1.807, 2.05) is 6.92 Å². The van der Waals surface area contributed by atoms with Crippen molar-refractivity contribution in [2.75, 3.05) is 11.9 Å². The Hall–Kier alpha value is -1.63. The van der Waals surface area contributed by atoms with Crippen molar-refractivity contribution in [2.24, 2.45) is 11.8 Å². The number of halogens is 2. The minimum absolute atomic E-state index is 0.0801. The van der Waals surface area contributed by atoms with Crippen molar-refractivity contribution in [1.29, 1.82) is 0 Å². The molecule has 2 rings (SSSR count). The van der Waals surface area contributed by atoms with Crippen molar-refractivity contribution in [3.63, 3.8) is 0 Å². The summed E-state index contributed by atoms with van der Waals surface area (Å²) in [5, 5.41) is 2.54. The molecule has 2 atom stereocenters. The topological polar surface area (TPSA) is 55.4 Å². The van der Waals surface area contributed by atoms with Crippen LogP contribution in [0.5, 0.6) is 0 Å². The van der Waals surface area contributed by atoms with Crippen LogP contribution in [0.25, 0.3) is 0 Å². The summed E-state index contributed by atoms with van der Waals surface area (Å²) < 4.78 is 29.2. The molecule has 0 bridgehead atoms. The first kappa shape index (κ1) is 15.8. The fraction of sp³-hybridized carbons (Fsp3) is 0.429. The number of rotatable bonds is 6. The first-order valence-electron chi connectivity index (χ1n) is 6.47. The smallest absolute Gasteiger partial charge is 0.309 e. The van der Waals surface area contributed by atoms with Crippen LogP contribution >= 0.6 is 11.8 Å². The maximum atomic E-state index is 12.1. The van der Waals surface area contributed by atoms with Gasteiger partial charge >= 0.3 is 5.97 Å². The van der Waals surface area contributed by atoms with Gasteiger partial charge in [0.15, 0.2) is 6.61 Å². The molecule has 1 N–H and O–H groups in total. The molecule has 1 aromatic carbocycles. The van der Waals surface area contributed by atoms with Gasteiger partial charge in [0.1, 0.15) is 0 Å². The Labute approximate surface area is 125 Å². The summed E-state index contributed by atoms with van der Waals surface area (Å²) in [6.07, 6.45) is 0.809. The number of alkyl halides is 2. The Bertz CT molecular complexity index is 521. The fourth-order valence-electron chi connectivity index (χ4n) is 1.81. The van der Waals surface area contributed by atoms with Gasteiger partial charge in [-0.05, 0) is 36.6 Å². The standard InChI is InChI=1S/C14H15F2NO3S/c1-8-6-11(8)13(19)20-7-12(18)17-9-2-4-10(5-3-9)21-14(15)16/h2-5,8,11,14H,6-7H2,1H3,(H,17,18)/t8-,11+/m0/s1. The zero-order chi connectivity index (χ0) is 15.4. The van der Waals surface area contributed by atoms with Crippen LogP contribution in [0.4, 0.5) is 14.5 Å². The van der Waals surface area contributed by atoms with Crippen molar-refractivity contribution < 1.29 is 23.1 Å². The summed E-state index contributed by atoms with van der Waals surface area (Å²) >= 11 is 0.435. The van der Waals surface area contributed by atoms with Crippen LogP contribution in [0.15, 0.2) is 29.2 Å². The Morgan fingerprint density at radius 3 is 2.52 bits per heavy atom. The molecule has 4 nitrogen and oxygen atoms in total. The molecular weight excluding hydrogens is 300 g/mol. The molecular formula is C14H15F2NO3S. The van der Waals surface area contributed by atoms with Gasteiger partial charge < -0.3 is 10.1 Å². The average Bonchev–Trinajstić information content (AvgIpc) is 3.15. The van der Waals surface area contributed by atoms with Crippen molar-refractivity contribution in [1.82, 2.24) is 0 Å². The van der Waals surface area contributed by atoms with E-state index in [0.717, 1.165) is 6.42 Å². The minimum Gasteiger partial charge on any atom is -0.455 e. The van der Waals surface area contributed by atoms with Crippen LogP contribution in [0.2, 0.25) is 0 Å². The van der Waals surface area contributed by atoms with Gasteiger partial charge in [-0.2, -0.15) is 8.78 Å². The number of amides is 1. The SMILES string of the molecule is C[C@H]1C[C@H]1C(=O)OCC(=O)Nc1ccc(SC(F)F)cc1. The summed E-state index contributed by atoms with van der Waals surface area (Å²) in [6, 6.07) is 6.02. The zero-order valence-corrected chi connectivity index (χ0v) is 12.2. The molecule has 1 aromatic rings. The maximum absolute atomic E-state index is 12.1. The highest BCUT2D eigenvalue weighted by atomic mass is 32.2. The molecule has 1 fully saturated rings. The molecule has 7 heteroatoms. The molecule has 0 aliphatic heterocycles. The number of thioether (sulfide) groups is 1. The van der Waals surface area contributed by atoms with Crippen LogP contribution in [-0.4, -0.2) is 24.2 Å². The van der Waals surface area contributed by atoms with E-state index in [9.17, 15) is 18.4 Å². The third-order valence-corrected chi connectivity index (χ3v) is 3.84. The number of carbonyl (C=O) groups excluding carboxylic acids is 2. The molecule has 114 valence electrons. The highest BCUT2D eigenvalue weighted by Gasteiger charge is 2.40. The number of carbonyl (C=O) groups is 2. The Balaban J connectivity index is 1.75. The lowest BCUT2D eigenvalue weighted by Crippen LogP contribution is -2.21. The van der Waals surface area contributed by atoms with E-state index in [1.165, 1.54) is 24.3 Å². The molecule has 21 heavy (non-hydrogen) atoms. The van der Waals surface area contributed by atoms with Crippen molar-refractivity contribution >= 4 is 29.3 Å². The van der Waals surface area contributed by atoms with E-state index >= 15 is 0 Å². The van der Waals surface area contributed by atoms with Crippen molar-refractivity contribution in [3.8, 4) is 0 Å². The second-order valence-corrected chi connectivity index (χ2v) is 5.94. The first-order valence-corrected chi connectivity index (χ1v) is 7.35. The quantitative estimate of drug-likeness (QED) is 0.647. The Kier molecular flexibility index (Phi) is 5.17. The third kappa shape index (κ3) is 5.00. The fourth-order valence-corrected chi connectivity index (χ4v) is 2.31. The molecule has 0 saturated heterocycles. The van der Waals surface area contributed by atoms with Gasteiger partial charge in [0, 0.05) is 10.6 Å². The molecule has 0 spiro atoms. The van der Waals surface area contributed by atoms with E-state index in [1.54, 1.807) is 0 Å². The van der Waals surface area contributed by atoms with Crippen LogP contribution in [0.1, 0.15) is 13.3 Å². The first-order chi connectivity index (χ1) is 9.95. The van der Waals surface area contributed by atoms with Crippen LogP contribution < -0.4 is 5.32 Å². The van der Waals surface area contributed by atoms with Crippen LogP contribution in [0.3, 0.4) is 0 Å². The van der Waals surface area contributed by atoms with Gasteiger partial charge in [-0.25, -0.2) is 0 Å². The maximum Gasteiger partial charge on any atom is 0.309 e. The average molecular weight is 315 g/mol. The number of esters is 1. The van der Waals surface area contributed by atoms with E-state index in [2.05, 4.69) is 5.32 Å². The van der Waals surface area contributed by atoms with Crippen LogP contribution in [0, 0.1) is 11.8 Å². The second kappa shape index (κ2) is 6.89. The summed E-state index contributed by atoms with van der Waals surface area (Å²) in [7, 11) is 0. The normalized spacial score (nSPS) is 20.2. The number of benzene rings is 1. The van der Waals surface area contributed by atoms with Gasteiger partial charge in [-0.1, -0.05) is 18.7 Å². The Morgan fingerprint density at radius 1 is 1.38 bits per heavy atom. The molecule has 1 aliphatic carbocycles. The molecule has 0 aromatic heterocycles. The summed E-state index contributed by atoms with van der Waals surface area (Å²) in [5.41, 5.74) is 0.467. The number of hydrogen-bond acceptors (Lipinski definition) is 4. The summed E-state index contributed by atoms with van der Waals surface area (Å²) in [4.78, 5) is 23.4. The van der Waals surface area contributed by atoms with E-state index in [4.69, 9.17) is 4.74 Å². The number of hydrogen-bond donors (Lipinski definition) is 1. The lowest BCUT2D eigenvalue weighted by atomic mass is 10.3. The highest BCUT2D eigenvalue weighted by molar-refractivity contribution is 7.99. The van der Waals surface area contributed by atoms with Crippen LogP contribution in [-0.2, 0) is 14.3 Å². The van der Waals surface area contributed by atoms with Crippen molar-refractivity contribution in [2.45, 2.75) is 24.0 Å². The van der Waals surface area contributed by atoms with Crippen molar-refractivity contribution in [3.05, 3.63) is 24.3 Å². The Morgan fingerprint density at radius 2 is 2.00 bits per heavy atom. The number of nitrogens with one attached hydrogen (secondary N) is 1. The molecule has 1 amide bonds. The highest BCUT2D eigenvalue weighted by Crippen LogP contribution is 2.38. The van der Waals surface area contributed by atoms with E-state index in [-0.39, 0.29) is 18.5 Å². The van der Waals surface area contributed by atoms with Gasteiger partial charge in [0.25, 0.3) is 11.7 Å². The van der Waals surface area contributed by atoms with Gasteiger partial charge in [-0.15, -0.1) is 0 Å². The molecule has 1 aliphatic rings. The zero-order valence-electron chi connectivity index (χ0n) is 11.3. The lowest BCUT2D eigenvalue weighted by molar-refractivity contribution is -0.148. The van der Waals surface area contributed by atoms with Gasteiger partial charge in [-0.3, -0.25) is 9.59 Å². The summed E-state index contributed by atoms with van der Waals surface area (Å²) in [6.45, 7) is 1.61. The molecule has 0 radical (unpaired) electrons. The van der Waals surface area contributed by atoms with Gasteiger partial charge in [0.2, 0.25) is 0 Å². The largest absolute Gasteiger partial charge is 0.455 e. The second-order valence-electron chi connectivity index (χ2n) is 4.88. The number of anilines is 1. The summed E-state index contributed by atoms with van der Waals surface area (Å²) in [5.74, 6) is -3.02. The van der Waals surface area contributed by atoms with Gasteiger partial charge in [0.05, 0.1) is 5.92 Å². The molecule has 0 unspecified atom stereocenters. The molecule has 1 saturated carbocycles. The van der Waals surface area contributed by atoms with E-state index < -0.39 is 11.7 Å².